The van der Waals surface area contributed by atoms with E-state index >= 15 is 0 Å². The van der Waals surface area contributed by atoms with Crippen molar-refractivity contribution in [3.63, 3.8) is 0 Å². The van der Waals surface area contributed by atoms with Crippen LogP contribution in [-0.4, -0.2) is 41.6 Å². The van der Waals surface area contributed by atoms with E-state index in [4.69, 9.17) is 14.2 Å². The molecule has 0 aliphatic carbocycles. The van der Waals surface area contributed by atoms with Gasteiger partial charge in [0.1, 0.15) is 23.9 Å². The van der Waals surface area contributed by atoms with Gasteiger partial charge in [-0.3, -0.25) is 0 Å². The summed E-state index contributed by atoms with van der Waals surface area (Å²) >= 11 is 0. The van der Waals surface area contributed by atoms with Gasteiger partial charge in [0.2, 0.25) is 5.95 Å². The summed E-state index contributed by atoms with van der Waals surface area (Å²) in [6, 6.07) is 4.99. The molecule has 30 heavy (non-hydrogen) atoms. The van der Waals surface area contributed by atoms with Gasteiger partial charge in [0.15, 0.2) is 0 Å². The molecular weight excluding hydrogens is 384 g/mol. The van der Waals surface area contributed by atoms with Gasteiger partial charge in [0.05, 0.1) is 26.4 Å². The lowest BCUT2D eigenvalue weighted by molar-refractivity contribution is -0.139. The number of allylic oxidation sites excluding steroid dienone is 1. The maximum atomic E-state index is 13.1. The van der Waals surface area contributed by atoms with Crippen LogP contribution in [0.1, 0.15) is 57.6 Å². The Labute approximate surface area is 177 Å². The van der Waals surface area contributed by atoms with E-state index < -0.39 is 6.04 Å². The van der Waals surface area contributed by atoms with Crippen molar-refractivity contribution in [2.45, 2.75) is 52.0 Å². The highest BCUT2D eigenvalue weighted by molar-refractivity contribution is 5.92. The maximum Gasteiger partial charge on any atom is 0.338 e. The Morgan fingerprint density at radius 1 is 1.17 bits per heavy atom. The zero-order valence-corrected chi connectivity index (χ0v) is 18.1. The molecule has 0 amide bonds. The van der Waals surface area contributed by atoms with Crippen LogP contribution in [0, 0.1) is 0 Å². The second-order valence-electron chi connectivity index (χ2n) is 7.25. The van der Waals surface area contributed by atoms with Gasteiger partial charge in [-0.15, -0.1) is 0 Å². The molecule has 0 bridgehead atoms. The fraction of sp³-hybridized carbons (Fsp3) is 0.500. The quantitative estimate of drug-likeness (QED) is 0.463. The van der Waals surface area contributed by atoms with Gasteiger partial charge in [-0.25, -0.2) is 9.48 Å². The number of hydrogen-bond acceptors (Lipinski definition) is 7. The number of nitrogens with zero attached hydrogens (tertiary/aromatic N) is 3. The Bertz CT molecular complexity index is 906. The minimum atomic E-state index is -0.516. The maximum absolute atomic E-state index is 13.1. The van der Waals surface area contributed by atoms with Crippen LogP contribution >= 0.6 is 0 Å². The van der Waals surface area contributed by atoms with Crippen LogP contribution in [0.2, 0.25) is 0 Å². The van der Waals surface area contributed by atoms with E-state index in [-0.39, 0.29) is 5.97 Å². The summed E-state index contributed by atoms with van der Waals surface area (Å²) in [6.07, 6.45) is 6.92. The molecule has 1 unspecified atom stereocenters. The Morgan fingerprint density at radius 3 is 2.70 bits per heavy atom. The van der Waals surface area contributed by atoms with Crippen LogP contribution in [-0.2, 0) is 9.53 Å². The van der Waals surface area contributed by atoms with Crippen LogP contribution in [0.3, 0.4) is 0 Å². The Kier molecular flexibility index (Phi) is 7.32. The van der Waals surface area contributed by atoms with Crippen LogP contribution < -0.4 is 14.8 Å². The van der Waals surface area contributed by atoms with Gasteiger partial charge in [-0.1, -0.05) is 32.6 Å². The third kappa shape index (κ3) is 4.58. The average Bonchev–Trinajstić information content (AvgIpc) is 3.22. The van der Waals surface area contributed by atoms with Crippen LogP contribution in [0.15, 0.2) is 35.8 Å². The second kappa shape index (κ2) is 10.1. The van der Waals surface area contributed by atoms with Gasteiger partial charge >= 0.3 is 5.97 Å². The number of nitrogens with one attached hydrogen (secondary N) is 1. The summed E-state index contributed by atoms with van der Waals surface area (Å²) in [5.74, 6) is 1.46. The Hall–Kier alpha value is -3.03. The molecule has 0 radical (unpaired) electrons. The number of esters is 1. The lowest BCUT2D eigenvalue weighted by Gasteiger charge is -2.29. The van der Waals surface area contributed by atoms with E-state index in [9.17, 15) is 4.79 Å². The van der Waals surface area contributed by atoms with Gasteiger partial charge < -0.3 is 19.5 Å². The van der Waals surface area contributed by atoms with E-state index in [0.717, 1.165) is 24.8 Å². The van der Waals surface area contributed by atoms with Crippen molar-refractivity contribution >= 4 is 11.9 Å². The molecule has 0 fully saturated rings. The number of methoxy groups -OCH3 is 2. The molecule has 0 saturated carbocycles. The van der Waals surface area contributed by atoms with E-state index in [1.807, 2.05) is 19.1 Å². The number of anilines is 1. The molecule has 162 valence electrons. The minimum Gasteiger partial charge on any atom is -0.497 e. The van der Waals surface area contributed by atoms with Crippen molar-refractivity contribution in [1.29, 1.82) is 0 Å². The van der Waals surface area contributed by atoms with Crippen LogP contribution in [0.25, 0.3) is 0 Å². The summed E-state index contributed by atoms with van der Waals surface area (Å²) in [5.41, 5.74) is 1.96. The van der Waals surface area contributed by atoms with Crippen molar-refractivity contribution < 1.29 is 19.0 Å². The topological polar surface area (TPSA) is 87.5 Å². The lowest BCUT2D eigenvalue weighted by Crippen LogP contribution is -2.30. The van der Waals surface area contributed by atoms with Crippen LogP contribution in [0.4, 0.5) is 5.95 Å². The van der Waals surface area contributed by atoms with Crippen molar-refractivity contribution in [2.24, 2.45) is 0 Å². The number of benzene rings is 1. The summed E-state index contributed by atoms with van der Waals surface area (Å²) in [7, 11) is 3.19. The van der Waals surface area contributed by atoms with Crippen molar-refractivity contribution in [3.8, 4) is 11.5 Å². The smallest absolute Gasteiger partial charge is 0.338 e. The molecule has 1 N–H and O–H groups in total. The number of hydrogen-bond donors (Lipinski definition) is 1. The van der Waals surface area contributed by atoms with Crippen LogP contribution in [0.5, 0.6) is 11.5 Å². The molecule has 1 aromatic carbocycles. The molecule has 3 rings (SSSR count). The highest BCUT2D eigenvalue weighted by Gasteiger charge is 2.36. The van der Waals surface area contributed by atoms with Gasteiger partial charge in [-0.05, 0) is 25.5 Å². The first-order valence-corrected chi connectivity index (χ1v) is 10.4. The molecule has 8 nitrogen and oxygen atoms in total. The van der Waals surface area contributed by atoms with E-state index in [1.54, 1.807) is 25.0 Å². The molecule has 0 spiro atoms. The number of unbranched alkanes of at least 4 members (excludes halogenated alkanes) is 4. The molecule has 2 aromatic rings. The first-order valence-electron chi connectivity index (χ1n) is 10.4. The number of rotatable bonds is 10. The number of carbonyl (C=O) groups excluding carboxylic acids is 1. The average molecular weight is 415 g/mol. The highest BCUT2D eigenvalue weighted by atomic mass is 16.5. The van der Waals surface area contributed by atoms with E-state index in [1.165, 1.54) is 19.2 Å². The van der Waals surface area contributed by atoms with E-state index in [0.29, 0.717) is 35.3 Å². The molecule has 1 aliphatic heterocycles. The summed E-state index contributed by atoms with van der Waals surface area (Å²) in [5, 5.41) is 7.50. The molecule has 0 saturated heterocycles. The standard InChI is InChI=1S/C22H30N4O4/c1-5-6-7-8-9-12-30-21(27)19-15(2)25-22-23-14-24-26(22)20(19)17-11-10-16(28-3)13-18(17)29-4/h10-11,13-14,20H,5-9,12H2,1-4H3,(H,23,24,25). The molecule has 1 aromatic heterocycles. The third-order valence-electron chi connectivity index (χ3n) is 5.23. The summed E-state index contributed by atoms with van der Waals surface area (Å²) in [4.78, 5) is 17.3. The molecular formula is C22H30N4O4. The SMILES string of the molecule is CCCCCCCOC(=O)C1=C(C)Nc2ncnn2C1c1ccc(OC)cc1OC. The van der Waals surface area contributed by atoms with Crippen molar-refractivity contribution in [3.05, 3.63) is 41.4 Å². The molecule has 2 heterocycles. The summed E-state index contributed by atoms with van der Waals surface area (Å²) in [6.45, 7) is 4.42. The first-order chi connectivity index (χ1) is 14.6. The molecule has 1 aliphatic rings. The van der Waals surface area contributed by atoms with Gasteiger partial charge in [-0.2, -0.15) is 10.1 Å². The first kappa shape index (κ1) is 21.7. The number of aromatic nitrogens is 3. The molecule has 1 atom stereocenters. The summed E-state index contributed by atoms with van der Waals surface area (Å²) < 4.78 is 18.2. The number of fused-ring (bicyclic) bond motifs is 1. The van der Waals surface area contributed by atoms with Crippen molar-refractivity contribution in [2.75, 3.05) is 26.1 Å². The van der Waals surface area contributed by atoms with Gasteiger partial charge in [0, 0.05) is 17.3 Å². The lowest BCUT2D eigenvalue weighted by atomic mass is 9.95. The minimum absolute atomic E-state index is 0.362. The Morgan fingerprint density at radius 2 is 1.97 bits per heavy atom. The fourth-order valence-electron chi connectivity index (χ4n) is 3.64. The van der Waals surface area contributed by atoms with E-state index in [2.05, 4.69) is 22.3 Å². The number of ether oxygens (including phenoxy) is 3. The largest absolute Gasteiger partial charge is 0.497 e. The predicted molar refractivity (Wildman–Crippen MR) is 114 cm³/mol. The monoisotopic (exact) mass is 414 g/mol. The predicted octanol–water partition coefficient (Wildman–Crippen LogP) is 4.10. The second-order valence-corrected chi connectivity index (χ2v) is 7.25. The molecule has 8 heteroatoms. The highest BCUT2D eigenvalue weighted by Crippen LogP contribution is 2.40. The zero-order chi connectivity index (χ0) is 21.5. The fourth-order valence-corrected chi connectivity index (χ4v) is 3.64. The van der Waals surface area contributed by atoms with Crippen molar-refractivity contribution in [1.82, 2.24) is 14.8 Å². The normalized spacial score (nSPS) is 15.4. The number of carbonyl (C=O) groups is 1. The zero-order valence-electron chi connectivity index (χ0n) is 18.1. The van der Waals surface area contributed by atoms with Gasteiger partial charge in [0.25, 0.3) is 0 Å². The Balaban J connectivity index is 1.88. The third-order valence-corrected chi connectivity index (χ3v) is 5.23.